The van der Waals surface area contributed by atoms with Crippen LogP contribution < -0.4 is 4.65 Å². The zero-order chi connectivity index (χ0) is 13.4. The van der Waals surface area contributed by atoms with Gasteiger partial charge in [0.15, 0.2) is 0 Å². The molecule has 0 amide bonds. The molecule has 0 aromatic rings. The molecule has 0 aliphatic rings. The van der Waals surface area contributed by atoms with Crippen LogP contribution in [0.4, 0.5) is 0 Å². The van der Waals surface area contributed by atoms with Gasteiger partial charge in [0.25, 0.3) is 0 Å². The molecule has 0 aromatic carbocycles. The van der Waals surface area contributed by atoms with E-state index in [1.807, 2.05) is 0 Å². The highest BCUT2D eigenvalue weighted by Gasteiger charge is 2.29. The fourth-order valence-corrected chi connectivity index (χ4v) is 13.0. The largest absolute Gasteiger partial charge is 0.396 e. The highest BCUT2D eigenvalue weighted by molar-refractivity contribution is 6.91. The summed E-state index contributed by atoms with van der Waals surface area (Å²) in [6, 6.07) is 2.51. The molecule has 0 unspecified atom stereocenters. The Morgan fingerprint density at radius 2 is 1.06 bits per heavy atom. The monoisotopic (exact) mass is 277 g/mol. The second kappa shape index (κ2) is 8.42. The fraction of sp³-hybridized carbons (Fsp3) is 1.00. The van der Waals surface area contributed by atoms with Gasteiger partial charge in [0.2, 0.25) is 0 Å². The van der Waals surface area contributed by atoms with Gasteiger partial charge in [0.1, 0.15) is 16.5 Å². The Hall–Kier alpha value is 0.314. The van der Waals surface area contributed by atoms with Crippen LogP contribution >= 0.6 is 0 Å². The molecular formula is C12H31NO2Si2. The lowest BCUT2D eigenvalue weighted by Crippen LogP contribution is -2.58. The van der Waals surface area contributed by atoms with Crippen LogP contribution in [0.5, 0.6) is 0 Å². The minimum absolute atomic E-state index is 0.321. The van der Waals surface area contributed by atoms with Crippen molar-refractivity contribution in [3.63, 3.8) is 0 Å². The van der Waals surface area contributed by atoms with Gasteiger partial charge in [-0.25, -0.2) is 0 Å². The van der Waals surface area contributed by atoms with E-state index in [2.05, 4.69) is 30.8 Å². The molecule has 0 radical (unpaired) electrons. The summed E-state index contributed by atoms with van der Waals surface area (Å²) in [5, 5.41) is 17.6. The van der Waals surface area contributed by atoms with Crippen LogP contribution in [0, 0.1) is 0 Å². The molecule has 0 bridgehead atoms. The minimum atomic E-state index is -1.30. The van der Waals surface area contributed by atoms with Crippen LogP contribution in [0.1, 0.15) is 25.7 Å². The maximum absolute atomic E-state index is 8.82. The molecule has 5 heteroatoms. The molecule has 0 rings (SSSR count). The highest BCUT2D eigenvalue weighted by atomic mass is 28.4. The molecule has 0 saturated heterocycles. The molecule has 0 aromatic heterocycles. The van der Waals surface area contributed by atoms with E-state index in [-0.39, 0.29) is 0 Å². The summed E-state index contributed by atoms with van der Waals surface area (Å²) >= 11 is 0. The summed E-state index contributed by atoms with van der Waals surface area (Å²) in [5.41, 5.74) is 0. The van der Waals surface area contributed by atoms with Gasteiger partial charge >= 0.3 is 0 Å². The molecular weight excluding hydrogens is 246 g/mol. The van der Waals surface area contributed by atoms with Gasteiger partial charge < -0.3 is 14.9 Å². The molecule has 3 N–H and O–H groups in total. The zero-order valence-electron chi connectivity index (χ0n) is 12.1. The Labute approximate surface area is 109 Å². The Balaban J connectivity index is 3.99. The molecule has 0 heterocycles. The van der Waals surface area contributed by atoms with Gasteiger partial charge in [-0.1, -0.05) is 39.0 Å². The first-order chi connectivity index (χ1) is 7.83. The number of hydrogen-bond acceptors (Lipinski definition) is 3. The summed E-state index contributed by atoms with van der Waals surface area (Å²) in [7, 11) is -2.60. The Morgan fingerprint density at radius 3 is 1.35 bits per heavy atom. The minimum Gasteiger partial charge on any atom is -0.396 e. The first-order valence-corrected chi connectivity index (χ1v) is 13.3. The van der Waals surface area contributed by atoms with E-state index in [1.165, 1.54) is 12.1 Å². The van der Waals surface area contributed by atoms with E-state index in [0.29, 0.717) is 13.2 Å². The van der Waals surface area contributed by atoms with Gasteiger partial charge in [-0.2, -0.15) is 0 Å². The van der Waals surface area contributed by atoms with Crippen LogP contribution in [-0.2, 0) is 0 Å². The first kappa shape index (κ1) is 17.3. The number of hydrogen-bond donors (Lipinski definition) is 3. The predicted octanol–water partition coefficient (Wildman–Crippen LogP) is 2.53. The first-order valence-electron chi connectivity index (χ1n) is 6.84. The maximum Gasteiger partial charge on any atom is 0.112 e. The topological polar surface area (TPSA) is 52.5 Å². The molecule has 0 atom stereocenters. The van der Waals surface area contributed by atoms with Crippen molar-refractivity contribution in [3.8, 4) is 0 Å². The predicted molar refractivity (Wildman–Crippen MR) is 80.4 cm³/mol. The molecule has 104 valence electrons. The van der Waals surface area contributed by atoms with Crippen LogP contribution in [0.15, 0.2) is 0 Å². The van der Waals surface area contributed by atoms with E-state index in [4.69, 9.17) is 10.2 Å². The van der Waals surface area contributed by atoms with Crippen molar-refractivity contribution in [3.05, 3.63) is 0 Å². The van der Waals surface area contributed by atoms with E-state index in [9.17, 15) is 0 Å². The van der Waals surface area contributed by atoms with Crippen LogP contribution in [0.3, 0.4) is 0 Å². The molecule has 3 nitrogen and oxygen atoms in total. The summed E-state index contributed by atoms with van der Waals surface area (Å²) in [6.45, 7) is 10.2. The average molecular weight is 278 g/mol. The zero-order valence-corrected chi connectivity index (χ0v) is 14.1. The number of aliphatic hydroxyl groups excluding tert-OH is 2. The van der Waals surface area contributed by atoms with Crippen molar-refractivity contribution in [1.82, 2.24) is 4.65 Å². The van der Waals surface area contributed by atoms with E-state index >= 15 is 0 Å². The SMILES string of the molecule is C[Si](C)(CCCCO)N[Si](C)(C)CCCCO. The summed E-state index contributed by atoms with van der Waals surface area (Å²) in [6.07, 6.45) is 4.16. The quantitative estimate of drug-likeness (QED) is 0.425. The lowest BCUT2D eigenvalue weighted by molar-refractivity contribution is 0.286. The van der Waals surface area contributed by atoms with Crippen molar-refractivity contribution in [2.75, 3.05) is 13.2 Å². The molecule has 17 heavy (non-hydrogen) atoms. The third kappa shape index (κ3) is 9.97. The summed E-state index contributed by atoms with van der Waals surface area (Å²) < 4.78 is 3.96. The smallest absolute Gasteiger partial charge is 0.112 e. The lowest BCUT2D eigenvalue weighted by Gasteiger charge is -2.35. The lowest BCUT2D eigenvalue weighted by atomic mass is 10.4. The second-order valence-corrected chi connectivity index (χ2v) is 15.8. The van der Waals surface area contributed by atoms with Gasteiger partial charge in [-0.3, -0.25) is 0 Å². The molecule has 0 aliphatic heterocycles. The van der Waals surface area contributed by atoms with E-state index in [1.54, 1.807) is 0 Å². The van der Waals surface area contributed by atoms with E-state index < -0.39 is 16.5 Å². The summed E-state index contributed by atoms with van der Waals surface area (Å²) in [4.78, 5) is 0. The van der Waals surface area contributed by atoms with Crippen LogP contribution in [0.25, 0.3) is 0 Å². The standard InChI is InChI=1S/C12H31NO2Si2/c1-16(2,11-7-5-9-14)13-17(3,4)12-8-6-10-15/h13-15H,5-12H2,1-4H3. The summed E-state index contributed by atoms with van der Waals surface area (Å²) in [5.74, 6) is 0. The van der Waals surface area contributed by atoms with Crippen molar-refractivity contribution in [2.24, 2.45) is 0 Å². The van der Waals surface area contributed by atoms with Crippen LogP contribution in [-0.4, -0.2) is 39.9 Å². The number of aliphatic hydroxyl groups is 2. The van der Waals surface area contributed by atoms with Gasteiger partial charge in [-0.15, -0.1) is 0 Å². The third-order valence-corrected chi connectivity index (χ3v) is 11.7. The third-order valence-electron chi connectivity index (χ3n) is 3.10. The number of rotatable bonds is 10. The van der Waals surface area contributed by atoms with Gasteiger partial charge in [0, 0.05) is 13.2 Å². The number of nitrogens with one attached hydrogen (secondary N) is 1. The normalized spacial score (nSPS) is 13.1. The molecule has 0 aliphatic carbocycles. The van der Waals surface area contributed by atoms with Crippen molar-refractivity contribution < 1.29 is 10.2 Å². The van der Waals surface area contributed by atoms with E-state index in [0.717, 1.165) is 25.7 Å². The second-order valence-electron chi connectivity index (χ2n) is 6.25. The Morgan fingerprint density at radius 1 is 0.706 bits per heavy atom. The van der Waals surface area contributed by atoms with Gasteiger partial charge in [0.05, 0.1) is 0 Å². The van der Waals surface area contributed by atoms with Crippen molar-refractivity contribution in [1.29, 1.82) is 0 Å². The van der Waals surface area contributed by atoms with Crippen molar-refractivity contribution >= 4 is 16.5 Å². The maximum atomic E-state index is 8.82. The molecule has 0 spiro atoms. The average Bonchev–Trinajstić information content (AvgIpc) is 2.16. The Bertz CT molecular complexity index is 179. The Kier molecular flexibility index (Phi) is 8.58. The fourth-order valence-electron chi connectivity index (χ4n) is 2.40. The highest BCUT2D eigenvalue weighted by Crippen LogP contribution is 2.17. The molecule has 0 saturated carbocycles. The molecule has 0 fully saturated rings. The number of unbranched alkanes of at least 4 members (excludes halogenated alkanes) is 2. The van der Waals surface area contributed by atoms with Crippen molar-refractivity contribution in [2.45, 2.75) is 64.0 Å². The van der Waals surface area contributed by atoms with Crippen LogP contribution in [0.2, 0.25) is 38.3 Å². The van der Waals surface area contributed by atoms with Gasteiger partial charge in [-0.05, 0) is 24.9 Å².